The molecule has 1 amide bonds. The van der Waals surface area contributed by atoms with Crippen LogP contribution in [0.25, 0.3) is 16.7 Å². The molecule has 1 saturated heterocycles. The number of halogens is 1. The number of likely N-dealkylation sites (tertiary alicyclic amines) is 1. The van der Waals surface area contributed by atoms with Gasteiger partial charge in [-0.3, -0.25) is 13.9 Å². The van der Waals surface area contributed by atoms with Crippen molar-refractivity contribution in [3.63, 3.8) is 0 Å². The molecule has 0 spiro atoms. The molecule has 2 aromatic heterocycles. The normalized spacial score (nSPS) is 27.9. The van der Waals surface area contributed by atoms with Crippen LogP contribution in [0.3, 0.4) is 0 Å². The van der Waals surface area contributed by atoms with Crippen molar-refractivity contribution in [3.05, 3.63) is 34.4 Å². The Balaban J connectivity index is 1.37. The highest BCUT2D eigenvalue weighted by molar-refractivity contribution is 5.81. The molecule has 4 atom stereocenters. The highest BCUT2D eigenvalue weighted by Crippen LogP contribution is 2.42. The molecular weight excluding hydrogens is 407 g/mol. The van der Waals surface area contributed by atoms with Crippen molar-refractivity contribution in [2.24, 2.45) is 30.2 Å². The summed E-state index contributed by atoms with van der Waals surface area (Å²) in [6, 6.07) is 4.03. The average molecular weight is 441 g/mol. The SMILES string of the molecule is Cn1c(=O)n(CC(C)(C)C)c2ccc(C3=CC4CN(C(=O)[C@H]5CCC[C@H]5F)CC4C3)nc21. The summed E-state index contributed by atoms with van der Waals surface area (Å²) >= 11 is 0. The lowest BCUT2D eigenvalue weighted by Gasteiger charge is -2.22. The van der Waals surface area contributed by atoms with Crippen LogP contribution in [0, 0.1) is 23.2 Å². The molecule has 3 aliphatic rings. The number of nitrogens with zero attached hydrogens (tertiary/aromatic N) is 4. The number of hydrogen-bond acceptors (Lipinski definition) is 3. The lowest BCUT2D eigenvalue weighted by Crippen LogP contribution is -2.37. The van der Waals surface area contributed by atoms with Crippen molar-refractivity contribution in [3.8, 4) is 0 Å². The smallest absolute Gasteiger partial charge is 0.330 e. The minimum atomic E-state index is -0.970. The van der Waals surface area contributed by atoms with Crippen molar-refractivity contribution in [2.45, 2.75) is 59.2 Å². The second-order valence-electron chi connectivity index (χ2n) is 11.1. The second-order valence-corrected chi connectivity index (χ2v) is 11.1. The minimum Gasteiger partial charge on any atom is -0.341 e. The fourth-order valence-electron chi connectivity index (χ4n) is 5.79. The Morgan fingerprint density at radius 3 is 2.66 bits per heavy atom. The number of rotatable bonds is 3. The summed E-state index contributed by atoms with van der Waals surface area (Å²) in [5.41, 5.74) is 3.63. The lowest BCUT2D eigenvalue weighted by atomic mass is 9.97. The zero-order valence-corrected chi connectivity index (χ0v) is 19.5. The van der Waals surface area contributed by atoms with E-state index in [0.29, 0.717) is 50.0 Å². The maximum Gasteiger partial charge on any atom is 0.330 e. The van der Waals surface area contributed by atoms with Crippen molar-refractivity contribution < 1.29 is 9.18 Å². The molecule has 0 bridgehead atoms. The van der Waals surface area contributed by atoms with Gasteiger partial charge in [-0.25, -0.2) is 14.2 Å². The molecule has 32 heavy (non-hydrogen) atoms. The fraction of sp³-hybridized carbons (Fsp3) is 0.640. The van der Waals surface area contributed by atoms with Crippen LogP contribution in [0.1, 0.15) is 52.1 Å². The Morgan fingerprint density at radius 2 is 2.00 bits per heavy atom. The van der Waals surface area contributed by atoms with Gasteiger partial charge in [0.25, 0.3) is 0 Å². The van der Waals surface area contributed by atoms with Gasteiger partial charge in [-0.15, -0.1) is 0 Å². The van der Waals surface area contributed by atoms with E-state index in [-0.39, 0.29) is 17.0 Å². The number of fused-ring (bicyclic) bond motifs is 2. The maximum atomic E-state index is 14.1. The fourth-order valence-corrected chi connectivity index (χ4v) is 5.79. The molecule has 2 aliphatic carbocycles. The van der Waals surface area contributed by atoms with E-state index in [2.05, 4.69) is 26.8 Å². The van der Waals surface area contributed by atoms with Gasteiger partial charge in [0.15, 0.2) is 5.65 Å². The molecule has 2 aromatic rings. The summed E-state index contributed by atoms with van der Waals surface area (Å²) < 4.78 is 17.5. The highest BCUT2D eigenvalue weighted by Gasteiger charge is 2.43. The second kappa shape index (κ2) is 7.56. The lowest BCUT2D eigenvalue weighted by molar-refractivity contribution is -0.136. The molecule has 3 heterocycles. The molecule has 6 nitrogen and oxygen atoms in total. The van der Waals surface area contributed by atoms with E-state index in [1.165, 1.54) is 5.57 Å². The first-order valence-corrected chi connectivity index (χ1v) is 11.8. The molecule has 2 fully saturated rings. The third-order valence-electron chi connectivity index (χ3n) is 7.39. The van der Waals surface area contributed by atoms with E-state index in [1.807, 2.05) is 21.6 Å². The number of alkyl halides is 1. The van der Waals surface area contributed by atoms with Gasteiger partial charge in [0, 0.05) is 26.7 Å². The molecule has 0 radical (unpaired) electrons. The first-order chi connectivity index (χ1) is 15.1. The van der Waals surface area contributed by atoms with Crippen LogP contribution in [-0.4, -0.2) is 44.2 Å². The number of hydrogen-bond donors (Lipinski definition) is 0. The number of amides is 1. The van der Waals surface area contributed by atoms with Gasteiger partial charge in [-0.05, 0) is 60.6 Å². The van der Waals surface area contributed by atoms with Gasteiger partial charge >= 0.3 is 5.69 Å². The van der Waals surface area contributed by atoms with E-state index in [4.69, 9.17) is 4.98 Å². The monoisotopic (exact) mass is 440 g/mol. The van der Waals surface area contributed by atoms with Gasteiger partial charge in [0.2, 0.25) is 5.91 Å². The zero-order valence-electron chi connectivity index (χ0n) is 19.5. The topological polar surface area (TPSA) is 60.1 Å². The molecule has 1 saturated carbocycles. The van der Waals surface area contributed by atoms with Crippen LogP contribution in [0.15, 0.2) is 23.0 Å². The van der Waals surface area contributed by atoms with E-state index < -0.39 is 12.1 Å². The summed E-state index contributed by atoms with van der Waals surface area (Å²) in [6.07, 6.45) is 4.17. The summed E-state index contributed by atoms with van der Waals surface area (Å²) in [5.74, 6) is 0.259. The highest BCUT2D eigenvalue weighted by atomic mass is 19.1. The molecule has 1 aliphatic heterocycles. The first-order valence-electron chi connectivity index (χ1n) is 11.8. The number of pyridine rings is 1. The minimum absolute atomic E-state index is 0.00776. The first kappa shape index (κ1) is 21.4. The largest absolute Gasteiger partial charge is 0.341 e. The Hall–Kier alpha value is -2.44. The van der Waals surface area contributed by atoms with Crippen LogP contribution < -0.4 is 5.69 Å². The van der Waals surface area contributed by atoms with Gasteiger partial charge in [0.1, 0.15) is 6.17 Å². The molecule has 5 rings (SSSR count). The van der Waals surface area contributed by atoms with Crippen molar-refractivity contribution in [1.82, 2.24) is 19.0 Å². The van der Waals surface area contributed by atoms with Gasteiger partial charge in [0.05, 0.1) is 17.1 Å². The summed E-state index contributed by atoms with van der Waals surface area (Å²) in [5, 5.41) is 0. The third kappa shape index (κ3) is 3.59. The quantitative estimate of drug-likeness (QED) is 0.730. The number of carbonyl (C=O) groups is 1. The third-order valence-corrected chi connectivity index (χ3v) is 7.39. The van der Waals surface area contributed by atoms with Gasteiger partial charge in [-0.1, -0.05) is 26.8 Å². The Morgan fingerprint density at radius 1 is 1.22 bits per heavy atom. The van der Waals surface area contributed by atoms with Crippen molar-refractivity contribution in [1.29, 1.82) is 0 Å². The Labute approximate surface area is 188 Å². The van der Waals surface area contributed by atoms with E-state index in [1.54, 1.807) is 11.6 Å². The van der Waals surface area contributed by atoms with Crippen LogP contribution in [0.5, 0.6) is 0 Å². The van der Waals surface area contributed by atoms with Gasteiger partial charge in [-0.2, -0.15) is 0 Å². The van der Waals surface area contributed by atoms with E-state index in [0.717, 1.165) is 24.1 Å². The molecule has 0 N–H and O–H groups in total. The maximum absolute atomic E-state index is 14.1. The van der Waals surface area contributed by atoms with Crippen LogP contribution in [0.4, 0.5) is 4.39 Å². The van der Waals surface area contributed by atoms with Crippen LogP contribution in [-0.2, 0) is 18.4 Å². The zero-order chi connectivity index (χ0) is 22.8. The Bertz CT molecular complexity index is 1160. The van der Waals surface area contributed by atoms with Gasteiger partial charge < -0.3 is 4.90 Å². The summed E-state index contributed by atoms with van der Waals surface area (Å²) in [7, 11) is 1.78. The van der Waals surface area contributed by atoms with Crippen molar-refractivity contribution in [2.75, 3.05) is 13.1 Å². The molecular formula is C25H33FN4O2. The van der Waals surface area contributed by atoms with Crippen LogP contribution in [0.2, 0.25) is 0 Å². The molecule has 7 heteroatoms. The molecule has 2 unspecified atom stereocenters. The number of aromatic nitrogens is 3. The Kier molecular flexibility index (Phi) is 5.06. The standard InChI is InChI=1S/C25H33FN4O2/c1-25(2,3)14-30-21-9-8-20(27-22(21)28(4)24(30)32)15-10-16-12-29(13-17(16)11-15)23(31)18-6-5-7-19(18)26/h8-10,16-19H,5-7,11-14H2,1-4H3/t16?,17?,18-,19+/m0/s1. The number of allylic oxidation sites excluding steroid dienone is 1. The van der Waals surface area contributed by atoms with E-state index >= 15 is 0 Å². The predicted octanol–water partition coefficient (Wildman–Crippen LogP) is 3.78. The molecule has 0 aromatic carbocycles. The number of aryl methyl sites for hydroxylation is 1. The van der Waals surface area contributed by atoms with Crippen molar-refractivity contribution >= 4 is 22.6 Å². The molecule has 172 valence electrons. The summed E-state index contributed by atoms with van der Waals surface area (Å²) in [4.78, 5) is 32.3. The number of carbonyl (C=O) groups excluding carboxylic acids is 1. The number of imidazole rings is 1. The summed E-state index contributed by atoms with van der Waals surface area (Å²) in [6.45, 7) is 8.39. The van der Waals surface area contributed by atoms with Crippen LogP contribution >= 0.6 is 0 Å². The van der Waals surface area contributed by atoms with E-state index in [9.17, 15) is 14.0 Å². The average Bonchev–Trinajstić information content (AvgIpc) is 3.47. The predicted molar refractivity (Wildman–Crippen MR) is 123 cm³/mol.